The highest BCUT2D eigenvalue weighted by atomic mass is 15.1. The van der Waals surface area contributed by atoms with Gasteiger partial charge in [-0.1, -0.05) is 145 Å². The van der Waals surface area contributed by atoms with Gasteiger partial charge in [-0.2, -0.15) is 0 Å². The minimum Gasteiger partial charge on any atom is -0.311 e. The van der Waals surface area contributed by atoms with E-state index < -0.39 is 0 Å². The highest BCUT2D eigenvalue weighted by Crippen LogP contribution is 2.40. The average Bonchev–Trinajstić information content (AvgIpc) is 3.27. The third-order valence-corrected chi connectivity index (χ3v) is 10.3. The summed E-state index contributed by atoms with van der Waals surface area (Å²) < 4.78 is 0. The molecule has 0 fully saturated rings. The Morgan fingerprint density at radius 2 is 0.655 bits per heavy atom. The zero-order valence-corrected chi connectivity index (χ0v) is 32.4. The van der Waals surface area contributed by atoms with Gasteiger partial charge in [0.25, 0.3) is 0 Å². The second-order valence-corrected chi connectivity index (χ2v) is 14.2. The van der Waals surface area contributed by atoms with Gasteiger partial charge in [0.1, 0.15) is 0 Å². The van der Waals surface area contributed by atoms with Crippen molar-refractivity contribution >= 4 is 80.6 Å². The Balaban J connectivity index is 1.03. The molecule has 0 bridgehead atoms. The molecule has 0 aliphatic rings. The molecular weight excluding hydrogens is 705 g/mol. The Morgan fingerprint density at radius 1 is 0.345 bits per heavy atom. The summed E-state index contributed by atoms with van der Waals surface area (Å²) in [6.45, 7) is 20.5. The molecule has 4 heteroatoms. The molecule has 58 heavy (non-hydrogen) atoms. The Kier molecular flexibility index (Phi) is 10.8. The molecule has 0 saturated carbocycles. The van der Waals surface area contributed by atoms with E-state index in [2.05, 4.69) is 179 Å². The lowest BCUT2D eigenvalue weighted by Crippen LogP contribution is -2.09. The summed E-state index contributed by atoms with van der Waals surface area (Å²) in [5.41, 5.74) is 13.6. The van der Waals surface area contributed by atoms with Crippen LogP contribution < -0.4 is 9.80 Å². The number of hydrogen-bond donors (Lipinski definition) is 0. The van der Waals surface area contributed by atoms with Crippen molar-refractivity contribution in [3.63, 3.8) is 0 Å². The number of para-hydroxylation sites is 2. The monoisotopic (exact) mass is 744 g/mol. The van der Waals surface area contributed by atoms with Crippen LogP contribution in [0.25, 0.3) is 44.8 Å². The first-order chi connectivity index (χ1) is 28.5. The van der Waals surface area contributed by atoms with Gasteiger partial charge in [0.05, 0.1) is 13.1 Å². The first-order valence-corrected chi connectivity index (χ1v) is 19.2. The summed E-state index contributed by atoms with van der Waals surface area (Å²) in [4.78, 5) is 12.4. The predicted octanol–water partition coefficient (Wildman–Crippen LogP) is 15.8. The van der Waals surface area contributed by atoms with Gasteiger partial charge in [-0.05, 0) is 120 Å². The normalized spacial score (nSPS) is 11.1. The molecule has 8 rings (SSSR count). The van der Waals surface area contributed by atoms with E-state index in [0.717, 1.165) is 67.2 Å². The minimum atomic E-state index is 0.535. The van der Waals surface area contributed by atoms with Crippen molar-refractivity contribution in [3.8, 4) is 0 Å². The lowest BCUT2D eigenvalue weighted by molar-refractivity contribution is 1.27. The van der Waals surface area contributed by atoms with E-state index >= 15 is 0 Å². The van der Waals surface area contributed by atoms with Crippen LogP contribution in [0.5, 0.6) is 0 Å². The maximum absolute atomic E-state index is 8.13. The van der Waals surface area contributed by atoms with Crippen LogP contribution in [0.4, 0.5) is 45.5 Å². The molecule has 0 aromatic heterocycles. The van der Waals surface area contributed by atoms with Crippen molar-refractivity contribution in [2.75, 3.05) is 9.80 Å². The van der Waals surface area contributed by atoms with Crippen molar-refractivity contribution < 1.29 is 0 Å². The molecule has 0 heterocycles. The molecule has 0 radical (unpaired) electrons. The molecule has 0 spiro atoms. The third-order valence-electron chi connectivity index (χ3n) is 10.3. The molecule has 276 valence electrons. The van der Waals surface area contributed by atoms with E-state index in [9.17, 15) is 0 Å². The lowest BCUT2D eigenvalue weighted by atomic mass is 9.98. The SMILES string of the molecule is [C-]#[N+]c1c(C=Cc2ccc(N(c3ccccc3)c3ccc(C)cc3)cc2)ccc2c([N+]#[C-])c(C=Cc3ccc(N(c4ccccc4)c4ccc(C)cc4)cc3)ccc12. The summed E-state index contributed by atoms with van der Waals surface area (Å²) in [6.07, 6.45) is 8.06. The summed E-state index contributed by atoms with van der Waals surface area (Å²) in [7, 11) is 0. The lowest BCUT2D eigenvalue weighted by Gasteiger charge is -2.25. The fraction of sp³-hybridized carbons (Fsp3) is 0.0370. The van der Waals surface area contributed by atoms with Gasteiger partial charge in [0.2, 0.25) is 11.4 Å². The largest absolute Gasteiger partial charge is 0.311 e. The van der Waals surface area contributed by atoms with E-state index in [1.54, 1.807) is 0 Å². The second-order valence-electron chi connectivity index (χ2n) is 14.2. The highest BCUT2D eigenvalue weighted by molar-refractivity contribution is 6.08. The molecule has 8 aromatic rings. The fourth-order valence-electron chi connectivity index (χ4n) is 7.20. The van der Waals surface area contributed by atoms with E-state index in [4.69, 9.17) is 13.1 Å². The molecule has 0 aliphatic carbocycles. The average molecular weight is 745 g/mol. The fourth-order valence-corrected chi connectivity index (χ4v) is 7.20. The summed E-state index contributed by atoms with van der Waals surface area (Å²) in [6, 6.07) is 62.6. The zero-order valence-electron chi connectivity index (χ0n) is 32.4. The van der Waals surface area contributed by atoms with Crippen LogP contribution in [0, 0.1) is 27.0 Å². The number of aryl methyl sites for hydroxylation is 2. The number of anilines is 6. The van der Waals surface area contributed by atoms with Crippen LogP contribution in [0.1, 0.15) is 33.4 Å². The van der Waals surface area contributed by atoms with Gasteiger partial charge in [-0.3, -0.25) is 0 Å². The molecule has 4 nitrogen and oxygen atoms in total. The maximum atomic E-state index is 8.13. The quantitative estimate of drug-likeness (QED) is 0.102. The molecule has 0 N–H and O–H groups in total. The van der Waals surface area contributed by atoms with Gasteiger partial charge in [0, 0.05) is 34.1 Å². The third kappa shape index (κ3) is 7.91. The molecular formula is C54H40N4. The van der Waals surface area contributed by atoms with E-state index in [0.29, 0.717) is 11.4 Å². The number of hydrogen-bond acceptors (Lipinski definition) is 2. The number of rotatable bonds is 10. The van der Waals surface area contributed by atoms with Crippen LogP contribution in [-0.4, -0.2) is 0 Å². The maximum Gasteiger partial charge on any atom is 0.200 e. The number of nitrogens with zero attached hydrogens (tertiary/aromatic N) is 4. The van der Waals surface area contributed by atoms with Gasteiger partial charge in [0.15, 0.2) is 0 Å². The second kappa shape index (κ2) is 16.8. The summed E-state index contributed by atoms with van der Waals surface area (Å²) >= 11 is 0. The Labute approximate surface area is 341 Å². The smallest absolute Gasteiger partial charge is 0.200 e. The van der Waals surface area contributed by atoms with Crippen LogP contribution in [0.3, 0.4) is 0 Å². The van der Waals surface area contributed by atoms with Gasteiger partial charge >= 0.3 is 0 Å². The Hall–Kier alpha value is -7.92. The molecule has 0 aliphatic heterocycles. The number of benzene rings is 8. The highest BCUT2D eigenvalue weighted by Gasteiger charge is 2.15. The first-order valence-electron chi connectivity index (χ1n) is 19.2. The molecule has 0 unspecified atom stereocenters. The van der Waals surface area contributed by atoms with Gasteiger partial charge in [-0.25, -0.2) is 9.69 Å². The van der Waals surface area contributed by atoms with E-state index in [1.165, 1.54) is 11.1 Å². The van der Waals surface area contributed by atoms with Crippen LogP contribution in [0.15, 0.2) is 182 Å². The molecule has 0 saturated heterocycles. The van der Waals surface area contributed by atoms with E-state index in [1.807, 2.05) is 60.7 Å². The van der Waals surface area contributed by atoms with Crippen LogP contribution in [-0.2, 0) is 0 Å². The van der Waals surface area contributed by atoms with Gasteiger partial charge < -0.3 is 9.80 Å². The standard InChI is InChI=1S/C54H40N4/c1-39-15-29-47(30-16-39)57(45-11-7-5-8-12-45)49-33-21-41(22-34-49)19-25-43-27-37-52-51(53(43)55-3)38-28-44(54(52)56-4)26-20-42-23-35-50(36-24-42)58(46-13-9-6-10-14-46)48-31-17-40(2)18-32-48/h5-38H,1-2H3. The summed E-state index contributed by atoms with van der Waals surface area (Å²) in [5.74, 6) is 0. The van der Waals surface area contributed by atoms with E-state index in [-0.39, 0.29) is 0 Å². The Morgan fingerprint density at radius 3 is 0.983 bits per heavy atom. The number of fused-ring (bicyclic) bond motifs is 1. The minimum absolute atomic E-state index is 0.535. The predicted molar refractivity (Wildman–Crippen MR) is 246 cm³/mol. The van der Waals surface area contributed by atoms with Crippen molar-refractivity contribution in [1.29, 1.82) is 0 Å². The van der Waals surface area contributed by atoms with Crippen molar-refractivity contribution in [3.05, 3.63) is 238 Å². The van der Waals surface area contributed by atoms with Crippen molar-refractivity contribution in [1.82, 2.24) is 0 Å². The topological polar surface area (TPSA) is 15.2 Å². The summed E-state index contributed by atoms with van der Waals surface area (Å²) in [5, 5.41) is 1.54. The zero-order chi connectivity index (χ0) is 39.8. The molecule has 8 aromatic carbocycles. The van der Waals surface area contributed by atoms with Crippen LogP contribution in [0.2, 0.25) is 0 Å². The van der Waals surface area contributed by atoms with Crippen LogP contribution >= 0.6 is 0 Å². The Bertz CT molecular complexity index is 2630. The van der Waals surface area contributed by atoms with Crippen molar-refractivity contribution in [2.24, 2.45) is 0 Å². The van der Waals surface area contributed by atoms with Gasteiger partial charge in [-0.15, -0.1) is 0 Å². The first kappa shape index (κ1) is 37.0. The van der Waals surface area contributed by atoms with Crippen molar-refractivity contribution in [2.45, 2.75) is 13.8 Å². The molecule has 0 atom stereocenters. The molecule has 0 amide bonds.